The van der Waals surface area contributed by atoms with E-state index in [1.807, 2.05) is 30.3 Å². The van der Waals surface area contributed by atoms with Gasteiger partial charge in [-0.3, -0.25) is 0 Å². The van der Waals surface area contributed by atoms with Gasteiger partial charge in [0, 0.05) is 26.5 Å². The van der Waals surface area contributed by atoms with Gasteiger partial charge in [0.05, 0.1) is 6.61 Å². The van der Waals surface area contributed by atoms with Crippen LogP contribution in [0.4, 0.5) is 0 Å². The van der Waals surface area contributed by atoms with E-state index < -0.39 is 0 Å². The largest absolute Gasteiger partial charge is 0.492 e. The zero-order chi connectivity index (χ0) is 13.3. The van der Waals surface area contributed by atoms with Crippen molar-refractivity contribution in [2.45, 2.75) is 19.3 Å². The molecule has 1 aliphatic carbocycles. The summed E-state index contributed by atoms with van der Waals surface area (Å²) in [5.74, 6) is 0.937. The molecule has 1 fully saturated rings. The van der Waals surface area contributed by atoms with Crippen molar-refractivity contribution in [1.82, 2.24) is 0 Å². The molecule has 0 spiro atoms. The van der Waals surface area contributed by atoms with Crippen LogP contribution in [-0.2, 0) is 0 Å². The Balaban J connectivity index is 1.87. The molecule has 3 rings (SSSR count). The van der Waals surface area contributed by atoms with Crippen LogP contribution in [0.1, 0.15) is 19.3 Å². The van der Waals surface area contributed by atoms with E-state index in [0.29, 0.717) is 5.41 Å². The Kier molecular flexibility index (Phi) is 3.72. The number of ether oxygens (including phenoxy) is 1. The van der Waals surface area contributed by atoms with Gasteiger partial charge in [0.25, 0.3) is 0 Å². The summed E-state index contributed by atoms with van der Waals surface area (Å²) in [5, 5.41) is 3.95. The van der Waals surface area contributed by atoms with E-state index in [0.717, 1.165) is 33.5 Å². The maximum absolute atomic E-state index is 6.22. The molecule has 0 N–H and O–H groups in total. The van der Waals surface area contributed by atoms with Gasteiger partial charge in [-0.05, 0) is 25.0 Å². The average molecular weight is 340 g/mol. The number of fused-ring (bicyclic) bond motifs is 1. The van der Waals surface area contributed by atoms with Crippen molar-refractivity contribution in [3.63, 3.8) is 0 Å². The fourth-order valence-electron chi connectivity index (χ4n) is 2.58. The summed E-state index contributed by atoms with van der Waals surface area (Å²) in [6.07, 6.45) is 3.82. The first-order valence-corrected chi connectivity index (χ1v) is 8.10. The Bertz CT molecular complexity index is 587. The Morgan fingerprint density at radius 2 is 1.84 bits per heavy atom. The maximum Gasteiger partial charge on any atom is 0.127 e. The van der Waals surface area contributed by atoms with Crippen LogP contribution >= 0.6 is 27.5 Å². The summed E-state index contributed by atoms with van der Waals surface area (Å²) >= 11 is 9.84. The van der Waals surface area contributed by atoms with Gasteiger partial charge < -0.3 is 4.74 Å². The van der Waals surface area contributed by atoms with E-state index in [4.69, 9.17) is 16.3 Å². The molecule has 0 aromatic heterocycles. The van der Waals surface area contributed by atoms with Crippen LogP contribution in [0.3, 0.4) is 0 Å². The molecule has 1 aliphatic rings. The highest BCUT2D eigenvalue weighted by atomic mass is 79.9. The summed E-state index contributed by atoms with van der Waals surface area (Å²) in [5.41, 5.74) is 0.334. The van der Waals surface area contributed by atoms with E-state index >= 15 is 0 Å². The van der Waals surface area contributed by atoms with Crippen LogP contribution < -0.4 is 4.74 Å². The molecule has 100 valence electrons. The third-order valence-electron chi connectivity index (χ3n) is 4.06. The number of halogens is 2. The van der Waals surface area contributed by atoms with Crippen molar-refractivity contribution < 1.29 is 4.74 Å². The number of rotatable bonds is 4. The molecule has 0 radical (unpaired) electrons. The number of hydrogen-bond acceptors (Lipinski definition) is 1. The zero-order valence-corrected chi connectivity index (χ0v) is 13.0. The van der Waals surface area contributed by atoms with E-state index in [-0.39, 0.29) is 0 Å². The lowest BCUT2D eigenvalue weighted by Crippen LogP contribution is -2.37. The fourth-order valence-corrected chi connectivity index (χ4v) is 3.54. The molecule has 0 unspecified atom stereocenters. The summed E-state index contributed by atoms with van der Waals surface area (Å²) in [4.78, 5) is 0. The van der Waals surface area contributed by atoms with Crippen LogP contribution in [0.25, 0.3) is 10.8 Å². The second-order valence-electron chi connectivity index (χ2n) is 5.37. The Morgan fingerprint density at radius 3 is 2.47 bits per heavy atom. The van der Waals surface area contributed by atoms with Crippen molar-refractivity contribution in [2.24, 2.45) is 5.41 Å². The van der Waals surface area contributed by atoms with E-state index in [9.17, 15) is 0 Å². The van der Waals surface area contributed by atoms with Crippen molar-refractivity contribution in [1.29, 1.82) is 0 Å². The molecular weight excluding hydrogens is 324 g/mol. The van der Waals surface area contributed by atoms with E-state index in [1.54, 1.807) is 0 Å². The third-order valence-corrected chi connectivity index (χ3v) is 5.58. The van der Waals surface area contributed by atoms with Gasteiger partial charge in [0.1, 0.15) is 5.75 Å². The normalized spacial score (nSPS) is 17.2. The van der Waals surface area contributed by atoms with Gasteiger partial charge in [0.15, 0.2) is 0 Å². The standard InChI is InChI=1S/C16H16BrClO/c17-10-16(8-3-9-16)11-19-15-7-6-14(18)12-4-1-2-5-13(12)15/h1-2,4-7H,3,8-11H2. The second kappa shape index (κ2) is 5.34. The predicted molar refractivity (Wildman–Crippen MR) is 84.5 cm³/mol. The average Bonchev–Trinajstić information content (AvgIpc) is 2.41. The van der Waals surface area contributed by atoms with Crippen molar-refractivity contribution >= 4 is 38.3 Å². The molecule has 0 saturated heterocycles. The molecule has 2 aromatic rings. The van der Waals surface area contributed by atoms with Crippen LogP contribution in [0.2, 0.25) is 5.02 Å². The molecule has 19 heavy (non-hydrogen) atoms. The summed E-state index contributed by atoms with van der Waals surface area (Å²) in [6.45, 7) is 0.782. The van der Waals surface area contributed by atoms with Gasteiger partial charge in [-0.1, -0.05) is 58.2 Å². The van der Waals surface area contributed by atoms with Gasteiger partial charge >= 0.3 is 0 Å². The number of benzene rings is 2. The lowest BCUT2D eigenvalue weighted by Gasteiger charge is -2.40. The van der Waals surface area contributed by atoms with Gasteiger partial charge in [-0.25, -0.2) is 0 Å². The van der Waals surface area contributed by atoms with Crippen LogP contribution in [0.5, 0.6) is 5.75 Å². The molecule has 2 aromatic carbocycles. The zero-order valence-electron chi connectivity index (χ0n) is 10.7. The maximum atomic E-state index is 6.22. The Morgan fingerprint density at radius 1 is 1.11 bits per heavy atom. The molecule has 0 aliphatic heterocycles. The second-order valence-corrected chi connectivity index (χ2v) is 6.33. The van der Waals surface area contributed by atoms with Gasteiger partial charge in [-0.15, -0.1) is 0 Å². The van der Waals surface area contributed by atoms with Gasteiger partial charge in [0.2, 0.25) is 0 Å². The van der Waals surface area contributed by atoms with Crippen molar-refractivity contribution in [2.75, 3.05) is 11.9 Å². The predicted octanol–water partition coefficient (Wildman–Crippen LogP) is 5.44. The van der Waals surface area contributed by atoms with Crippen LogP contribution in [-0.4, -0.2) is 11.9 Å². The Labute approximate surface area is 127 Å². The van der Waals surface area contributed by atoms with E-state index in [1.165, 1.54) is 19.3 Å². The molecule has 0 atom stereocenters. The monoisotopic (exact) mass is 338 g/mol. The van der Waals surface area contributed by atoms with E-state index in [2.05, 4.69) is 22.0 Å². The fraction of sp³-hybridized carbons (Fsp3) is 0.375. The first-order chi connectivity index (χ1) is 9.24. The lowest BCUT2D eigenvalue weighted by molar-refractivity contribution is 0.0847. The third kappa shape index (κ3) is 2.48. The quantitative estimate of drug-likeness (QED) is 0.674. The van der Waals surface area contributed by atoms with Gasteiger partial charge in [-0.2, -0.15) is 0 Å². The van der Waals surface area contributed by atoms with Crippen LogP contribution in [0, 0.1) is 5.41 Å². The highest BCUT2D eigenvalue weighted by Crippen LogP contribution is 2.43. The molecule has 3 heteroatoms. The molecule has 1 saturated carbocycles. The highest BCUT2D eigenvalue weighted by Gasteiger charge is 2.36. The van der Waals surface area contributed by atoms with Crippen LogP contribution in [0.15, 0.2) is 36.4 Å². The number of hydrogen-bond donors (Lipinski definition) is 0. The molecular formula is C16H16BrClO. The summed E-state index contributed by atoms with van der Waals surface area (Å²) < 4.78 is 6.08. The molecule has 0 bridgehead atoms. The minimum absolute atomic E-state index is 0.334. The molecule has 1 nitrogen and oxygen atoms in total. The van der Waals surface area contributed by atoms with Crippen molar-refractivity contribution in [3.8, 4) is 5.75 Å². The molecule has 0 amide bonds. The summed E-state index contributed by atoms with van der Waals surface area (Å²) in [7, 11) is 0. The minimum Gasteiger partial charge on any atom is -0.492 e. The van der Waals surface area contributed by atoms with Crippen molar-refractivity contribution in [3.05, 3.63) is 41.4 Å². The first-order valence-electron chi connectivity index (χ1n) is 6.60. The highest BCUT2D eigenvalue weighted by molar-refractivity contribution is 9.09. The first kappa shape index (κ1) is 13.3. The smallest absolute Gasteiger partial charge is 0.127 e. The summed E-state index contributed by atoms with van der Waals surface area (Å²) in [6, 6.07) is 12.0. The SMILES string of the molecule is Clc1ccc(OCC2(CBr)CCC2)c2ccccc12. The topological polar surface area (TPSA) is 9.23 Å². The minimum atomic E-state index is 0.334. The Hall–Kier alpha value is -0.730. The lowest BCUT2D eigenvalue weighted by atomic mass is 9.71. The molecule has 0 heterocycles. The number of alkyl halides is 1.